The number of benzene rings is 8. The Balaban J connectivity index is 0.00000752. The second-order valence-corrected chi connectivity index (χ2v) is 30.7. The van der Waals surface area contributed by atoms with Crippen LogP contribution in [0.4, 0.5) is 22.7 Å². The molecule has 0 bridgehead atoms. The summed E-state index contributed by atoms with van der Waals surface area (Å²) in [6, 6.07) is 64.1. The number of aromatic nitrogens is 2. The first kappa shape index (κ1) is 59.7. The molecular formula is C78H81N4OPtS-3. The van der Waals surface area contributed by atoms with Gasteiger partial charge in [0.15, 0.2) is 0 Å². The van der Waals surface area contributed by atoms with E-state index in [4.69, 9.17) is 9.72 Å². The standard InChI is InChI=1S/C78H81N4OS.Pt/c1-73(2,3)50-34-35-79-69(44-50)82-66-46-58(30-31-59(66)60-32-33-68-70(72(60)82)61-26-19-22-29-67(61)84-68)83-57-25-23-24-56(45-57)80-47-81(65-28-21-20-27-64(65)80)71-62(48-36-51(74(4,5)6)40-52(37-48)75(7,8)9)42-55(78(16,17)18)43-63(71)49-38-53(76(10,11)12)41-54(39-49)77(13,14)15;/h19-44,47H,1-18H3;/q-3;. The summed E-state index contributed by atoms with van der Waals surface area (Å²) in [6.07, 6.45) is 1.94. The van der Waals surface area contributed by atoms with Gasteiger partial charge in [-0.3, -0.25) is 0 Å². The molecule has 1 aliphatic heterocycles. The topological polar surface area (TPSA) is 33.5 Å². The molecule has 7 heteroatoms. The quantitative estimate of drug-likeness (QED) is 0.149. The van der Waals surface area contributed by atoms with Crippen LogP contribution in [0.5, 0.6) is 11.5 Å². The van der Waals surface area contributed by atoms with Crippen LogP contribution in [0.15, 0.2) is 158 Å². The fraction of sp³-hybridized carbons (Fsp3) is 0.308. The molecule has 8 aromatic carbocycles. The predicted molar refractivity (Wildman–Crippen MR) is 360 cm³/mol. The number of pyridine rings is 1. The third-order valence-corrected chi connectivity index (χ3v) is 18.2. The van der Waals surface area contributed by atoms with Crippen LogP contribution in [-0.2, 0) is 53.6 Å². The first-order valence-electron chi connectivity index (χ1n) is 29.9. The Morgan fingerprint density at radius 1 is 0.435 bits per heavy atom. The monoisotopic (exact) mass is 1320 g/mol. The molecule has 1 aliphatic rings. The van der Waals surface area contributed by atoms with Crippen molar-refractivity contribution in [1.82, 2.24) is 9.55 Å². The Bertz CT molecular complexity index is 4240. The maximum atomic E-state index is 6.95. The van der Waals surface area contributed by atoms with Crippen molar-refractivity contribution in [3.8, 4) is 39.6 Å². The Labute approximate surface area is 524 Å². The van der Waals surface area contributed by atoms with Crippen LogP contribution in [-0.4, -0.2) is 9.55 Å². The van der Waals surface area contributed by atoms with Crippen molar-refractivity contribution in [3.05, 3.63) is 210 Å². The first-order chi connectivity index (χ1) is 39.4. The van der Waals surface area contributed by atoms with E-state index in [0.29, 0.717) is 11.5 Å². The maximum Gasteiger partial charge on any atom is 0.135 e. The molecule has 438 valence electrons. The van der Waals surface area contributed by atoms with E-state index in [0.717, 1.165) is 50.4 Å². The number of fused-ring (bicyclic) bond motifs is 8. The summed E-state index contributed by atoms with van der Waals surface area (Å²) >= 11 is 1.83. The van der Waals surface area contributed by atoms with Crippen LogP contribution >= 0.6 is 11.3 Å². The molecule has 4 heterocycles. The smallest absolute Gasteiger partial charge is 0.135 e. The second kappa shape index (κ2) is 21.2. The molecule has 11 aromatic rings. The fourth-order valence-corrected chi connectivity index (χ4v) is 12.9. The predicted octanol–water partition coefficient (Wildman–Crippen LogP) is 22.5. The van der Waals surface area contributed by atoms with Crippen LogP contribution < -0.4 is 14.5 Å². The summed E-state index contributed by atoms with van der Waals surface area (Å²) in [5.41, 5.74) is 18.2. The number of para-hydroxylation sites is 2. The zero-order valence-corrected chi connectivity index (χ0v) is 56.1. The van der Waals surface area contributed by atoms with Crippen LogP contribution in [0.2, 0.25) is 0 Å². The van der Waals surface area contributed by atoms with E-state index in [1.165, 1.54) is 75.8 Å². The van der Waals surface area contributed by atoms with Gasteiger partial charge >= 0.3 is 0 Å². The Kier molecular flexibility index (Phi) is 14.9. The van der Waals surface area contributed by atoms with Gasteiger partial charge in [-0.15, -0.1) is 59.4 Å². The van der Waals surface area contributed by atoms with Crippen molar-refractivity contribution in [2.45, 2.75) is 157 Å². The van der Waals surface area contributed by atoms with Crippen molar-refractivity contribution >= 4 is 76.1 Å². The first-order valence-corrected chi connectivity index (χ1v) is 30.7. The summed E-state index contributed by atoms with van der Waals surface area (Å²) in [5.74, 6) is 2.04. The summed E-state index contributed by atoms with van der Waals surface area (Å²) in [6.45, 7) is 44.1. The van der Waals surface area contributed by atoms with Gasteiger partial charge in [0.25, 0.3) is 0 Å². The van der Waals surface area contributed by atoms with E-state index in [1.807, 2.05) is 29.7 Å². The number of ether oxygens (including phenoxy) is 1. The Morgan fingerprint density at radius 3 is 1.51 bits per heavy atom. The summed E-state index contributed by atoms with van der Waals surface area (Å²) < 4.78 is 11.8. The molecule has 0 aliphatic carbocycles. The SMILES string of the molecule is CC(C)(C)c1cc(-c2cc(C(C)(C)C)cc(-c3cc(C(C)(C)C)cc(C(C)(C)C)c3)c2N2[CH-]N(c3[c-]c(Oc4[c-]c5c(cc4)c4ccc6sc7ccccc7c6c4n5-c4cc(C(C)(C)C)ccn4)ccc3)c3ccccc32)cc(C(C)(C)C)c1.[Pt]. The molecule has 0 unspecified atom stereocenters. The van der Waals surface area contributed by atoms with Gasteiger partial charge < -0.3 is 19.1 Å². The molecule has 0 saturated heterocycles. The number of nitrogens with zero attached hydrogens (tertiary/aromatic N) is 4. The van der Waals surface area contributed by atoms with Crippen molar-refractivity contribution in [3.63, 3.8) is 0 Å². The van der Waals surface area contributed by atoms with Gasteiger partial charge in [-0.2, -0.15) is 12.1 Å². The third-order valence-electron chi connectivity index (χ3n) is 17.0. The average Bonchev–Trinajstić information content (AvgIpc) is 1.97. The number of thiophene rings is 1. The van der Waals surface area contributed by atoms with Crippen LogP contribution in [0.25, 0.3) is 70.0 Å². The van der Waals surface area contributed by atoms with Crippen LogP contribution in [0, 0.1) is 18.8 Å². The molecule has 12 rings (SSSR count). The van der Waals surface area contributed by atoms with Gasteiger partial charge in [-0.25, -0.2) is 4.98 Å². The van der Waals surface area contributed by atoms with Gasteiger partial charge in [0, 0.05) is 87.1 Å². The van der Waals surface area contributed by atoms with E-state index in [2.05, 4.69) is 297 Å². The molecule has 0 atom stereocenters. The molecule has 0 radical (unpaired) electrons. The van der Waals surface area contributed by atoms with E-state index in [9.17, 15) is 0 Å². The normalized spacial score (nSPS) is 13.6. The largest absolute Gasteiger partial charge is 0.509 e. The van der Waals surface area contributed by atoms with Crippen LogP contribution in [0.1, 0.15) is 158 Å². The Hall–Kier alpha value is -6.98. The minimum atomic E-state index is -0.156. The zero-order chi connectivity index (χ0) is 59.8. The maximum absolute atomic E-state index is 6.95. The molecule has 5 nitrogen and oxygen atoms in total. The van der Waals surface area contributed by atoms with Gasteiger partial charge in [-0.1, -0.05) is 203 Å². The van der Waals surface area contributed by atoms with Crippen molar-refractivity contribution in [2.24, 2.45) is 0 Å². The second-order valence-electron chi connectivity index (χ2n) is 29.6. The molecule has 3 aromatic heterocycles. The summed E-state index contributed by atoms with van der Waals surface area (Å²) in [5, 5.41) is 4.71. The molecular weight excluding hydrogens is 1240 g/mol. The molecule has 0 spiro atoms. The minimum Gasteiger partial charge on any atom is -0.509 e. The average molecular weight is 1320 g/mol. The molecule has 0 N–H and O–H groups in total. The van der Waals surface area contributed by atoms with Crippen LogP contribution in [0.3, 0.4) is 0 Å². The fourth-order valence-electron chi connectivity index (χ4n) is 11.8. The van der Waals surface area contributed by atoms with E-state index < -0.39 is 0 Å². The van der Waals surface area contributed by atoms with Gasteiger partial charge in [0.05, 0.1) is 5.52 Å². The number of hydrogen-bond donors (Lipinski definition) is 0. The summed E-state index contributed by atoms with van der Waals surface area (Å²) in [4.78, 5) is 9.81. The van der Waals surface area contributed by atoms with Gasteiger partial charge in [-0.05, 0) is 131 Å². The molecule has 0 amide bonds. The van der Waals surface area contributed by atoms with Crippen molar-refractivity contribution < 1.29 is 25.8 Å². The molecule has 0 fully saturated rings. The molecule has 0 saturated carbocycles. The molecule has 85 heavy (non-hydrogen) atoms. The van der Waals surface area contributed by atoms with E-state index in [-0.39, 0.29) is 53.6 Å². The third kappa shape index (κ3) is 11.2. The van der Waals surface area contributed by atoms with E-state index >= 15 is 0 Å². The Morgan fingerprint density at radius 2 is 0.941 bits per heavy atom. The minimum absolute atomic E-state index is 0. The zero-order valence-electron chi connectivity index (χ0n) is 53.0. The van der Waals surface area contributed by atoms with Gasteiger partial charge in [0.2, 0.25) is 0 Å². The van der Waals surface area contributed by atoms with Gasteiger partial charge in [0.1, 0.15) is 5.82 Å². The van der Waals surface area contributed by atoms with E-state index in [1.54, 1.807) is 0 Å². The van der Waals surface area contributed by atoms with Crippen molar-refractivity contribution in [1.29, 1.82) is 0 Å². The van der Waals surface area contributed by atoms with Crippen molar-refractivity contribution in [2.75, 3.05) is 9.80 Å². The number of anilines is 4. The number of hydrogen-bond acceptors (Lipinski definition) is 5. The number of rotatable bonds is 7. The summed E-state index contributed by atoms with van der Waals surface area (Å²) in [7, 11) is 0.